The zero-order valence-corrected chi connectivity index (χ0v) is 19.3. The molecule has 2 aromatic rings. The van der Waals surface area contributed by atoms with E-state index in [1.807, 2.05) is 17.0 Å². The van der Waals surface area contributed by atoms with Gasteiger partial charge in [-0.3, -0.25) is 14.5 Å². The van der Waals surface area contributed by atoms with E-state index in [0.29, 0.717) is 12.5 Å². The second-order valence-electron chi connectivity index (χ2n) is 9.28. The molecule has 2 heterocycles. The van der Waals surface area contributed by atoms with Crippen LogP contribution in [0.2, 0.25) is 0 Å². The number of hydrogen-bond acceptors (Lipinski definition) is 3. The molecule has 1 unspecified atom stereocenters. The standard InChI is InChI=1S/C27H35N3O2/c1-3-21-8-10-22(11-9-21)18-28-25(31)19-30-17-14-23-6-4-5-7-24(23)26(30)27(32)29-15-12-20(2)13-16-29/h4-11,20,26H,3,12-19H2,1-2H3,(H,28,31). The first-order chi connectivity index (χ1) is 15.5. The molecular formula is C27H35N3O2. The predicted molar refractivity (Wildman–Crippen MR) is 127 cm³/mol. The molecule has 0 aliphatic carbocycles. The minimum Gasteiger partial charge on any atom is -0.351 e. The van der Waals surface area contributed by atoms with E-state index < -0.39 is 0 Å². The van der Waals surface area contributed by atoms with Crippen LogP contribution in [0.15, 0.2) is 48.5 Å². The van der Waals surface area contributed by atoms with Crippen LogP contribution in [0.4, 0.5) is 0 Å². The summed E-state index contributed by atoms with van der Waals surface area (Å²) in [7, 11) is 0. The monoisotopic (exact) mass is 433 g/mol. The number of amides is 2. The maximum Gasteiger partial charge on any atom is 0.244 e. The smallest absolute Gasteiger partial charge is 0.244 e. The molecule has 1 fully saturated rings. The van der Waals surface area contributed by atoms with E-state index in [9.17, 15) is 9.59 Å². The Morgan fingerprint density at radius 3 is 2.38 bits per heavy atom. The lowest BCUT2D eigenvalue weighted by atomic mass is 9.90. The number of nitrogens with one attached hydrogen (secondary N) is 1. The molecule has 0 saturated carbocycles. The van der Waals surface area contributed by atoms with Gasteiger partial charge in [0.25, 0.3) is 0 Å². The maximum absolute atomic E-state index is 13.6. The van der Waals surface area contributed by atoms with E-state index in [4.69, 9.17) is 0 Å². The van der Waals surface area contributed by atoms with Gasteiger partial charge in [-0.1, -0.05) is 62.4 Å². The summed E-state index contributed by atoms with van der Waals surface area (Å²) in [5.41, 5.74) is 4.67. The number of piperidine rings is 1. The molecule has 4 rings (SSSR count). The highest BCUT2D eigenvalue weighted by molar-refractivity contribution is 5.85. The third-order valence-corrected chi connectivity index (χ3v) is 6.98. The second-order valence-corrected chi connectivity index (χ2v) is 9.28. The molecule has 0 radical (unpaired) electrons. The van der Waals surface area contributed by atoms with E-state index in [1.54, 1.807) is 0 Å². The Morgan fingerprint density at radius 2 is 1.66 bits per heavy atom. The molecule has 1 atom stereocenters. The van der Waals surface area contributed by atoms with Gasteiger partial charge in [0.05, 0.1) is 6.54 Å². The Morgan fingerprint density at radius 1 is 0.969 bits per heavy atom. The Balaban J connectivity index is 1.44. The molecule has 0 aromatic heterocycles. The highest BCUT2D eigenvalue weighted by Crippen LogP contribution is 2.32. The summed E-state index contributed by atoms with van der Waals surface area (Å²) < 4.78 is 0. The first-order valence-corrected chi connectivity index (χ1v) is 12.0. The van der Waals surface area contributed by atoms with Gasteiger partial charge in [0, 0.05) is 26.2 Å². The van der Waals surface area contributed by atoms with Gasteiger partial charge in [-0.05, 0) is 53.9 Å². The van der Waals surface area contributed by atoms with Crippen LogP contribution in [0.1, 0.15) is 55.0 Å². The fourth-order valence-corrected chi connectivity index (χ4v) is 4.81. The average molecular weight is 434 g/mol. The zero-order chi connectivity index (χ0) is 22.5. The van der Waals surface area contributed by atoms with Crippen LogP contribution in [0, 0.1) is 5.92 Å². The highest BCUT2D eigenvalue weighted by Gasteiger charge is 2.37. The number of fused-ring (bicyclic) bond motifs is 1. The number of benzene rings is 2. The van der Waals surface area contributed by atoms with E-state index in [1.165, 1.54) is 11.1 Å². The number of rotatable bonds is 6. The lowest BCUT2D eigenvalue weighted by Gasteiger charge is -2.40. The lowest BCUT2D eigenvalue weighted by Crippen LogP contribution is -2.50. The Hall–Kier alpha value is -2.66. The van der Waals surface area contributed by atoms with Crippen LogP contribution in [0.5, 0.6) is 0 Å². The van der Waals surface area contributed by atoms with Gasteiger partial charge in [-0.25, -0.2) is 0 Å². The van der Waals surface area contributed by atoms with Crippen LogP contribution in [0.25, 0.3) is 0 Å². The quantitative estimate of drug-likeness (QED) is 0.755. The Bertz CT molecular complexity index is 932. The van der Waals surface area contributed by atoms with Crippen molar-refractivity contribution in [2.24, 2.45) is 5.92 Å². The number of carbonyl (C=O) groups excluding carboxylic acids is 2. The number of aryl methyl sites for hydroxylation is 1. The molecule has 0 bridgehead atoms. The molecule has 2 amide bonds. The molecule has 5 heteroatoms. The molecule has 1 N–H and O–H groups in total. The van der Waals surface area contributed by atoms with Crippen molar-refractivity contribution in [3.63, 3.8) is 0 Å². The lowest BCUT2D eigenvalue weighted by molar-refractivity contribution is -0.140. The number of hydrogen-bond donors (Lipinski definition) is 1. The summed E-state index contributed by atoms with van der Waals surface area (Å²) in [5.74, 6) is 0.784. The van der Waals surface area contributed by atoms with Crippen molar-refractivity contribution in [1.82, 2.24) is 15.1 Å². The van der Waals surface area contributed by atoms with Gasteiger partial charge in [0.2, 0.25) is 11.8 Å². The van der Waals surface area contributed by atoms with Crippen molar-refractivity contribution in [2.45, 2.75) is 52.1 Å². The van der Waals surface area contributed by atoms with Crippen molar-refractivity contribution >= 4 is 11.8 Å². The summed E-state index contributed by atoms with van der Waals surface area (Å²) in [4.78, 5) is 30.5. The largest absolute Gasteiger partial charge is 0.351 e. The Kier molecular flexibility index (Phi) is 7.26. The molecule has 5 nitrogen and oxygen atoms in total. The van der Waals surface area contributed by atoms with Crippen molar-refractivity contribution in [1.29, 1.82) is 0 Å². The molecule has 32 heavy (non-hydrogen) atoms. The molecule has 1 saturated heterocycles. The summed E-state index contributed by atoms with van der Waals surface area (Å²) in [5, 5.41) is 3.05. The minimum atomic E-state index is -0.372. The fourth-order valence-electron chi connectivity index (χ4n) is 4.81. The van der Waals surface area contributed by atoms with Crippen LogP contribution >= 0.6 is 0 Å². The third kappa shape index (κ3) is 5.21. The summed E-state index contributed by atoms with van der Waals surface area (Å²) in [6, 6.07) is 16.2. The topological polar surface area (TPSA) is 52.7 Å². The summed E-state index contributed by atoms with van der Waals surface area (Å²) >= 11 is 0. The number of nitrogens with zero attached hydrogens (tertiary/aromatic N) is 2. The Labute approximate surface area is 191 Å². The van der Waals surface area contributed by atoms with Gasteiger partial charge >= 0.3 is 0 Å². The second kappa shape index (κ2) is 10.3. The van der Waals surface area contributed by atoms with Gasteiger partial charge in [-0.15, -0.1) is 0 Å². The SMILES string of the molecule is CCc1ccc(CNC(=O)CN2CCc3ccccc3C2C(=O)N2CCC(C)CC2)cc1. The fraction of sp³-hybridized carbons (Fsp3) is 0.481. The normalized spacial score (nSPS) is 19.4. The molecule has 0 spiro atoms. The van der Waals surface area contributed by atoms with Gasteiger partial charge < -0.3 is 10.2 Å². The first-order valence-electron chi connectivity index (χ1n) is 12.0. The average Bonchev–Trinajstić information content (AvgIpc) is 2.83. The number of carbonyl (C=O) groups is 2. The summed E-state index contributed by atoms with van der Waals surface area (Å²) in [6.45, 7) is 7.48. The van der Waals surface area contributed by atoms with Crippen molar-refractivity contribution in [2.75, 3.05) is 26.2 Å². The molecule has 170 valence electrons. The zero-order valence-electron chi connectivity index (χ0n) is 19.3. The van der Waals surface area contributed by atoms with Gasteiger partial charge in [0.15, 0.2) is 0 Å². The van der Waals surface area contributed by atoms with E-state index in [-0.39, 0.29) is 24.4 Å². The molecule has 2 aliphatic rings. The van der Waals surface area contributed by atoms with Crippen LogP contribution < -0.4 is 5.32 Å². The van der Waals surface area contributed by atoms with Crippen LogP contribution in [-0.2, 0) is 29.0 Å². The maximum atomic E-state index is 13.6. The van der Waals surface area contributed by atoms with E-state index >= 15 is 0 Å². The number of likely N-dealkylation sites (tertiary alicyclic amines) is 1. The van der Waals surface area contributed by atoms with Crippen LogP contribution in [-0.4, -0.2) is 47.8 Å². The third-order valence-electron chi connectivity index (χ3n) is 6.98. The van der Waals surface area contributed by atoms with Crippen molar-refractivity contribution in [3.05, 3.63) is 70.8 Å². The molecule has 2 aliphatic heterocycles. The molecule has 2 aromatic carbocycles. The predicted octanol–water partition coefficient (Wildman–Crippen LogP) is 3.72. The first kappa shape index (κ1) is 22.5. The van der Waals surface area contributed by atoms with Crippen molar-refractivity contribution < 1.29 is 9.59 Å². The van der Waals surface area contributed by atoms with Crippen molar-refractivity contribution in [3.8, 4) is 0 Å². The molecular weight excluding hydrogens is 398 g/mol. The minimum absolute atomic E-state index is 0.0333. The van der Waals surface area contributed by atoms with E-state index in [2.05, 4.69) is 60.5 Å². The van der Waals surface area contributed by atoms with Gasteiger partial charge in [-0.2, -0.15) is 0 Å². The van der Waals surface area contributed by atoms with Gasteiger partial charge in [0.1, 0.15) is 6.04 Å². The highest BCUT2D eigenvalue weighted by atomic mass is 16.2. The van der Waals surface area contributed by atoms with Crippen LogP contribution in [0.3, 0.4) is 0 Å². The summed E-state index contributed by atoms with van der Waals surface area (Å²) in [6.07, 6.45) is 3.98. The van der Waals surface area contributed by atoms with E-state index in [0.717, 1.165) is 56.4 Å².